The van der Waals surface area contributed by atoms with Crippen LogP contribution in [0.5, 0.6) is 0 Å². The number of ether oxygens (including phenoxy) is 1. The van der Waals surface area contributed by atoms with Gasteiger partial charge in [-0.1, -0.05) is 35.5 Å². The summed E-state index contributed by atoms with van der Waals surface area (Å²) in [6.07, 6.45) is 0.543. The zero-order valence-electron chi connectivity index (χ0n) is 16.1. The van der Waals surface area contributed by atoms with Crippen molar-refractivity contribution >= 4 is 5.91 Å². The highest BCUT2D eigenvalue weighted by atomic mass is 16.5. The summed E-state index contributed by atoms with van der Waals surface area (Å²) in [5.74, 6) is 0.990. The van der Waals surface area contributed by atoms with Crippen LogP contribution in [0.4, 0.5) is 0 Å². The minimum atomic E-state index is -0.138. The molecule has 27 heavy (non-hydrogen) atoms. The maximum atomic E-state index is 12.8. The molecule has 6 nitrogen and oxygen atoms in total. The molecule has 2 saturated heterocycles. The molecular weight excluding hydrogens is 342 g/mol. The van der Waals surface area contributed by atoms with Crippen molar-refractivity contribution in [1.82, 2.24) is 15.0 Å². The first-order valence-electron chi connectivity index (χ1n) is 9.58. The van der Waals surface area contributed by atoms with Crippen molar-refractivity contribution in [2.75, 3.05) is 32.8 Å². The van der Waals surface area contributed by atoms with E-state index in [1.165, 1.54) is 5.56 Å². The second-order valence-corrected chi connectivity index (χ2v) is 7.98. The van der Waals surface area contributed by atoms with Gasteiger partial charge in [0.2, 0.25) is 5.91 Å². The first-order chi connectivity index (χ1) is 13.0. The number of nitrogens with zero attached hydrogens (tertiary/aromatic N) is 3. The van der Waals surface area contributed by atoms with Gasteiger partial charge in [0.15, 0.2) is 0 Å². The monoisotopic (exact) mass is 369 g/mol. The molecule has 1 aromatic heterocycles. The number of amides is 1. The topological polar surface area (TPSA) is 58.8 Å². The summed E-state index contributed by atoms with van der Waals surface area (Å²) in [6, 6.07) is 10.5. The van der Waals surface area contributed by atoms with Gasteiger partial charge in [-0.05, 0) is 19.4 Å². The Hall–Kier alpha value is -2.18. The highest BCUT2D eigenvalue weighted by Gasteiger charge is 2.45. The lowest BCUT2D eigenvalue weighted by Gasteiger charge is -2.31. The summed E-state index contributed by atoms with van der Waals surface area (Å²) in [5, 5.41) is 4.02. The molecule has 0 N–H and O–H groups in total. The van der Waals surface area contributed by atoms with Gasteiger partial charge in [-0.2, -0.15) is 0 Å². The molecule has 4 rings (SSSR count). The number of aryl methyl sites for hydroxylation is 2. The van der Waals surface area contributed by atoms with E-state index in [4.69, 9.17) is 9.26 Å². The fourth-order valence-corrected chi connectivity index (χ4v) is 4.30. The molecule has 1 unspecified atom stereocenters. The lowest BCUT2D eigenvalue weighted by Crippen LogP contribution is -2.40. The summed E-state index contributed by atoms with van der Waals surface area (Å²) in [6.45, 7) is 9.15. The van der Waals surface area contributed by atoms with E-state index in [1.54, 1.807) is 0 Å². The summed E-state index contributed by atoms with van der Waals surface area (Å²) >= 11 is 0. The predicted octanol–water partition coefficient (Wildman–Crippen LogP) is 2.54. The summed E-state index contributed by atoms with van der Waals surface area (Å²) < 4.78 is 11.2. The van der Waals surface area contributed by atoms with Gasteiger partial charge in [0.1, 0.15) is 5.76 Å². The molecule has 144 valence electrons. The first-order valence-corrected chi connectivity index (χ1v) is 9.58. The zero-order valence-corrected chi connectivity index (χ0v) is 16.1. The average Bonchev–Trinajstić information content (AvgIpc) is 3.04. The molecule has 1 atom stereocenters. The van der Waals surface area contributed by atoms with Crippen LogP contribution in [0, 0.1) is 19.3 Å². The molecule has 0 bridgehead atoms. The van der Waals surface area contributed by atoms with Crippen molar-refractivity contribution in [3.8, 4) is 0 Å². The SMILES string of the molecule is Cc1noc(C)c1CN1CC2(COCCN(Cc3ccccc3)C2)CC1=O. The smallest absolute Gasteiger partial charge is 0.223 e. The van der Waals surface area contributed by atoms with Gasteiger partial charge in [0.05, 0.1) is 25.5 Å². The van der Waals surface area contributed by atoms with Gasteiger partial charge < -0.3 is 14.2 Å². The minimum Gasteiger partial charge on any atom is -0.379 e. The van der Waals surface area contributed by atoms with Gasteiger partial charge >= 0.3 is 0 Å². The van der Waals surface area contributed by atoms with Crippen molar-refractivity contribution in [3.63, 3.8) is 0 Å². The lowest BCUT2D eigenvalue weighted by molar-refractivity contribution is -0.128. The highest BCUT2D eigenvalue weighted by molar-refractivity contribution is 5.79. The third kappa shape index (κ3) is 3.92. The standard InChI is InChI=1S/C21H27N3O3/c1-16-19(17(2)27-22-16)12-24-14-21(10-20(24)25)13-23(8-9-26-15-21)11-18-6-4-3-5-7-18/h3-7H,8-15H2,1-2H3. The van der Waals surface area contributed by atoms with Crippen LogP contribution >= 0.6 is 0 Å². The molecular formula is C21H27N3O3. The highest BCUT2D eigenvalue weighted by Crippen LogP contribution is 2.36. The Morgan fingerprint density at radius 3 is 2.70 bits per heavy atom. The number of rotatable bonds is 4. The lowest BCUT2D eigenvalue weighted by atomic mass is 9.87. The van der Waals surface area contributed by atoms with Gasteiger partial charge in [-0.3, -0.25) is 9.69 Å². The van der Waals surface area contributed by atoms with Crippen molar-refractivity contribution in [1.29, 1.82) is 0 Å². The van der Waals surface area contributed by atoms with Crippen LogP contribution in [0.2, 0.25) is 0 Å². The van der Waals surface area contributed by atoms with Crippen LogP contribution in [0.3, 0.4) is 0 Å². The van der Waals surface area contributed by atoms with Crippen LogP contribution < -0.4 is 0 Å². The number of benzene rings is 1. The molecule has 2 aliphatic heterocycles. The van der Waals surface area contributed by atoms with E-state index in [0.29, 0.717) is 26.2 Å². The Balaban J connectivity index is 1.47. The maximum Gasteiger partial charge on any atom is 0.223 e. The van der Waals surface area contributed by atoms with Crippen LogP contribution in [0.15, 0.2) is 34.9 Å². The molecule has 0 radical (unpaired) electrons. The van der Waals surface area contributed by atoms with Gasteiger partial charge in [-0.25, -0.2) is 0 Å². The Bertz CT molecular complexity index is 785. The fraction of sp³-hybridized carbons (Fsp3) is 0.524. The Morgan fingerprint density at radius 2 is 1.96 bits per heavy atom. The summed E-state index contributed by atoms with van der Waals surface area (Å²) in [5.41, 5.74) is 3.05. The minimum absolute atomic E-state index is 0.138. The summed E-state index contributed by atoms with van der Waals surface area (Å²) in [4.78, 5) is 17.1. The number of carbonyl (C=O) groups is 1. The predicted molar refractivity (Wildman–Crippen MR) is 101 cm³/mol. The fourth-order valence-electron chi connectivity index (χ4n) is 4.30. The van der Waals surface area contributed by atoms with Crippen LogP contribution in [-0.2, 0) is 22.6 Å². The number of likely N-dealkylation sites (tertiary alicyclic amines) is 1. The van der Waals surface area contributed by atoms with E-state index < -0.39 is 0 Å². The van der Waals surface area contributed by atoms with Crippen LogP contribution in [0.1, 0.15) is 29.0 Å². The summed E-state index contributed by atoms with van der Waals surface area (Å²) in [7, 11) is 0. The first kappa shape index (κ1) is 18.2. The third-order valence-corrected chi connectivity index (χ3v) is 5.70. The Kier molecular flexibility index (Phi) is 5.02. The molecule has 6 heteroatoms. The molecule has 2 aliphatic rings. The molecule has 1 amide bonds. The Morgan fingerprint density at radius 1 is 1.15 bits per heavy atom. The van der Waals surface area contributed by atoms with E-state index in [-0.39, 0.29) is 11.3 Å². The molecule has 2 aromatic rings. The maximum absolute atomic E-state index is 12.8. The van der Waals surface area contributed by atoms with Crippen molar-refractivity contribution in [2.24, 2.45) is 5.41 Å². The Labute approximate surface area is 160 Å². The molecule has 1 aromatic carbocycles. The van der Waals surface area contributed by atoms with E-state index in [1.807, 2.05) is 24.8 Å². The second kappa shape index (κ2) is 7.44. The molecule has 1 spiro atoms. The van der Waals surface area contributed by atoms with Gasteiger partial charge in [0, 0.05) is 43.6 Å². The van der Waals surface area contributed by atoms with Crippen LogP contribution in [0.25, 0.3) is 0 Å². The molecule has 3 heterocycles. The van der Waals surface area contributed by atoms with Crippen molar-refractivity contribution < 1.29 is 14.1 Å². The molecule has 0 aliphatic carbocycles. The van der Waals surface area contributed by atoms with Gasteiger partial charge in [-0.15, -0.1) is 0 Å². The number of hydrogen-bond acceptors (Lipinski definition) is 5. The average molecular weight is 369 g/mol. The van der Waals surface area contributed by atoms with E-state index >= 15 is 0 Å². The number of carbonyl (C=O) groups excluding carboxylic acids is 1. The van der Waals surface area contributed by atoms with Crippen molar-refractivity contribution in [3.05, 3.63) is 52.9 Å². The molecule has 2 fully saturated rings. The van der Waals surface area contributed by atoms with Crippen LogP contribution in [-0.4, -0.2) is 53.7 Å². The zero-order chi connectivity index (χ0) is 18.9. The van der Waals surface area contributed by atoms with Gasteiger partial charge in [0.25, 0.3) is 0 Å². The molecule has 0 saturated carbocycles. The van der Waals surface area contributed by atoms with E-state index in [9.17, 15) is 4.79 Å². The number of hydrogen-bond donors (Lipinski definition) is 0. The van der Waals surface area contributed by atoms with Crippen molar-refractivity contribution in [2.45, 2.75) is 33.4 Å². The quantitative estimate of drug-likeness (QED) is 0.829. The normalized spacial score (nSPS) is 23.9. The third-order valence-electron chi connectivity index (χ3n) is 5.70. The second-order valence-electron chi connectivity index (χ2n) is 7.98. The van der Waals surface area contributed by atoms with E-state index in [2.05, 4.69) is 34.3 Å². The number of aromatic nitrogens is 1. The van der Waals surface area contributed by atoms with E-state index in [0.717, 1.165) is 43.2 Å². The largest absolute Gasteiger partial charge is 0.379 e.